The molecule has 3 aromatic rings. The van der Waals surface area contributed by atoms with Gasteiger partial charge in [0.05, 0.1) is 11.9 Å². The van der Waals surface area contributed by atoms with Crippen molar-refractivity contribution in [3.05, 3.63) is 60.0 Å². The molecule has 0 saturated carbocycles. The molecular formula is C23H24N4O5. The number of nitrogen functional groups attached to an aromatic ring is 1. The average Bonchev–Trinajstić information content (AvgIpc) is 3.44. The molecule has 1 aliphatic heterocycles. The highest BCUT2D eigenvalue weighted by atomic mass is 16.5. The van der Waals surface area contributed by atoms with Crippen LogP contribution in [0.25, 0.3) is 11.0 Å². The lowest BCUT2D eigenvalue weighted by Gasteiger charge is -2.28. The molecule has 0 spiro atoms. The Bertz CT molecular complexity index is 1140. The van der Waals surface area contributed by atoms with Gasteiger partial charge in [-0.2, -0.15) is 0 Å². The Kier molecular flexibility index (Phi) is 6.07. The van der Waals surface area contributed by atoms with Gasteiger partial charge in [-0.15, -0.1) is 0 Å². The molecule has 2 aromatic heterocycles. The average molecular weight is 436 g/mol. The molecule has 1 saturated heterocycles. The van der Waals surface area contributed by atoms with E-state index in [1.54, 1.807) is 42.6 Å². The zero-order valence-corrected chi connectivity index (χ0v) is 17.6. The van der Waals surface area contributed by atoms with Crippen LogP contribution in [0.1, 0.15) is 37.2 Å². The van der Waals surface area contributed by atoms with E-state index >= 15 is 0 Å². The van der Waals surface area contributed by atoms with Crippen molar-refractivity contribution < 1.29 is 23.5 Å². The number of carbonyl (C=O) groups excluding carboxylic acids is 3. The molecule has 4 rings (SSSR count). The van der Waals surface area contributed by atoms with E-state index in [2.05, 4.69) is 10.3 Å². The van der Waals surface area contributed by atoms with Crippen molar-refractivity contribution in [2.75, 3.05) is 12.3 Å². The van der Waals surface area contributed by atoms with Crippen molar-refractivity contribution >= 4 is 34.6 Å². The molecule has 0 radical (unpaired) electrons. The maximum absolute atomic E-state index is 13.3. The van der Waals surface area contributed by atoms with Crippen molar-refractivity contribution in [2.45, 2.75) is 38.5 Å². The Balaban J connectivity index is 1.46. The number of carbonyl (C=O) groups is 3. The molecule has 0 bridgehead atoms. The highest BCUT2D eigenvalue weighted by Crippen LogP contribution is 2.27. The van der Waals surface area contributed by atoms with Crippen molar-refractivity contribution in [1.82, 2.24) is 15.2 Å². The number of rotatable bonds is 6. The molecule has 0 aliphatic carbocycles. The number of aromatic nitrogens is 1. The lowest BCUT2D eigenvalue weighted by Crippen LogP contribution is -2.47. The Labute approximate surface area is 184 Å². The number of ether oxygens (including phenoxy) is 1. The number of amides is 2. The number of benzene rings is 1. The number of likely N-dealkylation sites (tertiary alicyclic amines) is 1. The van der Waals surface area contributed by atoms with Gasteiger partial charge < -0.3 is 25.1 Å². The van der Waals surface area contributed by atoms with Crippen LogP contribution in [0, 0.1) is 0 Å². The molecule has 9 heteroatoms. The van der Waals surface area contributed by atoms with Gasteiger partial charge in [0.25, 0.3) is 5.91 Å². The van der Waals surface area contributed by atoms with E-state index in [1.165, 1.54) is 11.8 Å². The molecule has 1 aromatic carbocycles. The van der Waals surface area contributed by atoms with Crippen LogP contribution in [-0.2, 0) is 25.7 Å². The molecule has 1 fully saturated rings. The van der Waals surface area contributed by atoms with Gasteiger partial charge >= 0.3 is 5.97 Å². The maximum atomic E-state index is 13.3. The number of hydrogen-bond acceptors (Lipinski definition) is 7. The molecule has 2 atom stereocenters. The first-order valence-corrected chi connectivity index (χ1v) is 10.4. The third kappa shape index (κ3) is 4.41. The summed E-state index contributed by atoms with van der Waals surface area (Å²) in [5.41, 5.74) is 7.00. The summed E-state index contributed by atoms with van der Waals surface area (Å²) in [6, 6.07) is 11.6. The van der Waals surface area contributed by atoms with Crippen LogP contribution in [0.4, 0.5) is 5.82 Å². The Morgan fingerprint density at radius 3 is 2.78 bits per heavy atom. The van der Waals surface area contributed by atoms with Crippen LogP contribution in [0.15, 0.2) is 53.1 Å². The fraction of sp³-hybridized carbons (Fsp3) is 0.304. The van der Waals surface area contributed by atoms with Gasteiger partial charge in [0.1, 0.15) is 23.2 Å². The fourth-order valence-corrected chi connectivity index (χ4v) is 3.92. The number of nitrogens with two attached hydrogens (primary N) is 1. The molecule has 9 nitrogen and oxygen atoms in total. The Morgan fingerprint density at radius 2 is 2.06 bits per heavy atom. The van der Waals surface area contributed by atoms with E-state index in [9.17, 15) is 14.4 Å². The first kappa shape index (κ1) is 21.4. The number of anilines is 1. The number of nitrogens with one attached hydrogen (secondary N) is 1. The van der Waals surface area contributed by atoms with Crippen LogP contribution in [-0.4, -0.2) is 40.3 Å². The molecule has 32 heavy (non-hydrogen) atoms. The SMILES string of the molecule is CC(=O)OC(C(=O)N1CCCC1C(=O)NCc1cc2c(N)nccc2o1)c1ccccc1. The molecule has 166 valence electrons. The van der Waals surface area contributed by atoms with E-state index in [-0.39, 0.29) is 12.5 Å². The lowest BCUT2D eigenvalue weighted by atomic mass is 10.1. The number of pyridine rings is 1. The van der Waals surface area contributed by atoms with E-state index in [4.69, 9.17) is 14.9 Å². The number of fused-ring (bicyclic) bond motifs is 1. The van der Waals surface area contributed by atoms with Crippen molar-refractivity contribution in [3.63, 3.8) is 0 Å². The number of nitrogens with zero attached hydrogens (tertiary/aromatic N) is 2. The third-order valence-corrected chi connectivity index (χ3v) is 5.41. The molecule has 2 unspecified atom stereocenters. The van der Waals surface area contributed by atoms with E-state index in [0.717, 1.165) is 0 Å². The minimum atomic E-state index is -1.09. The van der Waals surface area contributed by atoms with Gasteiger partial charge in [0.2, 0.25) is 12.0 Å². The van der Waals surface area contributed by atoms with Gasteiger partial charge in [0, 0.05) is 25.2 Å². The summed E-state index contributed by atoms with van der Waals surface area (Å²) in [6.07, 6.45) is 1.67. The summed E-state index contributed by atoms with van der Waals surface area (Å²) < 4.78 is 11.0. The monoisotopic (exact) mass is 436 g/mol. The summed E-state index contributed by atoms with van der Waals surface area (Å²) in [6.45, 7) is 1.82. The molecule has 3 N–H and O–H groups in total. The minimum absolute atomic E-state index is 0.150. The smallest absolute Gasteiger partial charge is 0.303 e. The number of furan rings is 1. The van der Waals surface area contributed by atoms with Crippen molar-refractivity contribution in [3.8, 4) is 0 Å². The summed E-state index contributed by atoms with van der Waals surface area (Å²) >= 11 is 0. The quantitative estimate of drug-likeness (QED) is 0.568. The molecule has 1 aliphatic rings. The zero-order valence-electron chi connectivity index (χ0n) is 17.6. The topological polar surface area (TPSA) is 128 Å². The van der Waals surface area contributed by atoms with E-state index in [1.807, 2.05) is 6.07 Å². The standard InChI is InChI=1S/C23H24N4O5/c1-14(28)31-20(15-6-3-2-4-7-15)23(30)27-11-5-8-18(27)22(29)26-13-16-12-17-19(32-16)9-10-25-21(17)24/h2-4,6-7,9-10,12,18,20H,5,8,11,13H2,1H3,(H2,24,25)(H,26,29). The minimum Gasteiger partial charge on any atom is -0.459 e. The second-order valence-electron chi connectivity index (χ2n) is 7.63. The number of hydrogen-bond donors (Lipinski definition) is 2. The molecule has 3 heterocycles. The number of esters is 1. The van der Waals surface area contributed by atoms with Crippen molar-refractivity contribution in [2.24, 2.45) is 0 Å². The first-order chi connectivity index (χ1) is 15.4. The predicted octanol–water partition coefficient (Wildman–Crippen LogP) is 2.32. The van der Waals surface area contributed by atoms with E-state index in [0.29, 0.717) is 47.5 Å². The van der Waals surface area contributed by atoms with Gasteiger partial charge in [0.15, 0.2) is 0 Å². The van der Waals surface area contributed by atoms with Crippen LogP contribution < -0.4 is 11.1 Å². The summed E-state index contributed by atoms with van der Waals surface area (Å²) in [4.78, 5) is 43.3. The second kappa shape index (κ2) is 9.09. The molecular weight excluding hydrogens is 412 g/mol. The molecule has 2 amide bonds. The lowest BCUT2D eigenvalue weighted by molar-refractivity contribution is -0.160. The highest BCUT2D eigenvalue weighted by molar-refractivity contribution is 5.91. The van der Waals surface area contributed by atoms with Crippen LogP contribution in [0.3, 0.4) is 0 Å². The summed E-state index contributed by atoms with van der Waals surface area (Å²) in [5, 5.41) is 3.51. The third-order valence-electron chi connectivity index (χ3n) is 5.41. The van der Waals surface area contributed by atoms with E-state index < -0.39 is 24.0 Å². The highest BCUT2D eigenvalue weighted by Gasteiger charge is 2.38. The Hall–Kier alpha value is -3.88. The van der Waals surface area contributed by atoms with Crippen LogP contribution in [0.2, 0.25) is 0 Å². The largest absolute Gasteiger partial charge is 0.459 e. The zero-order chi connectivity index (χ0) is 22.7. The summed E-state index contributed by atoms with van der Waals surface area (Å²) in [7, 11) is 0. The second-order valence-corrected chi connectivity index (χ2v) is 7.63. The first-order valence-electron chi connectivity index (χ1n) is 10.4. The van der Waals surface area contributed by atoms with Gasteiger partial charge in [-0.25, -0.2) is 4.98 Å². The van der Waals surface area contributed by atoms with Gasteiger partial charge in [-0.3, -0.25) is 14.4 Å². The maximum Gasteiger partial charge on any atom is 0.303 e. The van der Waals surface area contributed by atoms with Gasteiger partial charge in [-0.1, -0.05) is 30.3 Å². The van der Waals surface area contributed by atoms with Crippen LogP contribution >= 0.6 is 0 Å². The van der Waals surface area contributed by atoms with Crippen LogP contribution in [0.5, 0.6) is 0 Å². The predicted molar refractivity (Wildman–Crippen MR) is 116 cm³/mol. The normalized spacial score (nSPS) is 16.7. The van der Waals surface area contributed by atoms with Gasteiger partial charge in [-0.05, 0) is 25.0 Å². The van der Waals surface area contributed by atoms with Crippen molar-refractivity contribution in [1.29, 1.82) is 0 Å². The fourth-order valence-electron chi connectivity index (χ4n) is 3.92. The summed E-state index contributed by atoms with van der Waals surface area (Å²) in [5.74, 6) is -0.380. The Morgan fingerprint density at radius 1 is 1.28 bits per heavy atom.